The molecule has 1 aliphatic rings. The van der Waals surface area contributed by atoms with Gasteiger partial charge in [0.15, 0.2) is 0 Å². The van der Waals surface area contributed by atoms with Crippen LogP contribution >= 0.6 is 11.8 Å². The molecule has 1 heterocycles. The van der Waals surface area contributed by atoms with Crippen LogP contribution in [0.1, 0.15) is 31.9 Å². The fourth-order valence-corrected chi connectivity index (χ4v) is 2.91. The molecule has 20 heavy (non-hydrogen) atoms. The van der Waals surface area contributed by atoms with E-state index in [9.17, 15) is 4.79 Å². The van der Waals surface area contributed by atoms with Gasteiger partial charge >= 0.3 is 0 Å². The molecular weight excluding hydrogens is 268 g/mol. The van der Waals surface area contributed by atoms with Gasteiger partial charge in [0, 0.05) is 25.2 Å². The van der Waals surface area contributed by atoms with E-state index in [0.717, 1.165) is 19.5 Å². The zero-order chi connectivity index (χ0) is 14.5. The predicted molar refractivity (Wildman–Crippen MR) is 86.0 cm³/mol. The average molecular weight is 292 g/mol. The SMILES string of the molecule is CS[C@H](C)C(=O)N[C@H]1CCN([C@H](C)c2ccccc2)C1. The largest absolute Gasteiger partial charge is 0.351 e. The molecule has 3 nitrogen and oxygen atoms in total. The van der Waals surface area contributed by atoms with Crippen molar-refractivity contribution in [3.05, 3.63) is 35.9 Å². The molecular formula is C16H24N2OS. The van der Waals surface area contributed by atoms with Crippen molar-refractivity contribution < 1.29 is 4.79 Å². The van der Waals surface area contributed by atoms with Crippen LogP contribution in [-0.4, -0.2) is 41.4 Å². The predicted octanol–water partition coefficient (Wildman–Crippen LogP) is 2.69. The van der Waals surface area contributed by atoms with E-state index in [1.165, 1.54) is 5.56 Å². The quantitative estimate of drug-likeness (QED) is 0.905. The number of benzene rings is 1. The summed E-state index contributed by atoms with van der Waals surface area (Å²) in [6.07, 6.45) is 3.02. The van der Waals surface area contributed by atoms with E-state index in [2.05, 4.69) is 41.4 Å². The van der Waals surface area contributed by atoms with Gasteiger partial charge in [0.05, 0.1) is 5.25 Å². The number of likely N-dealkylation sites (tertiary alicyclic amines) is 1. The van der Waals surface area contributed by atoms with E-state index in [1.54, 1.807) is 11.8 Å². The van der Waals surface area contributed by atoms with Crippen molar-refractivity contribution in [1.29, 1.82) is 0 Å². The second-order valence-corrected chi connectivity index (χ2v) is 6.63. The molecule has 0 bridgehead atoms. The van der Waals surface area contributed by atoms with E-state index < -0.39 is 0 Å². The van der Waals surface area contributed by atoms with Crippen molar-refractivity contribution in [3.63, 3.8) is 0 Å². The van der Waals surface area contributed by atoms with Gasteiger partial charge in [-0.1, -0.05) is 30.3 Å². The standard InChI is InChI=1S/C16H24N2OS/c1-12(14-7-5-4-6-8-14)18-10-9-15(11-18)17-16(19)13(2)20-3/h4-8,12-13,15H,9-11H2,1-3H3,(H,17,19)/t12-,13-,15+/m1/s1. The number of thioether (sulfide) groups is 1. The third-order valence-electron chi connectivity index (χ3n) is 4.12. The molecule has 1 fully saturated rings. The molecule has 0 spiro atoms. The Balaban J connectivity index is 1.88. The Bertz CT molecular complexity index is 437. The van der Waals surface area contributed by atoms with Gasteiger partial charge in [-0.25, -0.2) is 0 Å². The molecule has 1 N–H and O–H groups in total. The summed E-state index contributed by atoms with van der Waals surface area (Å²) in [4.78, 5) is 14.4. The summed E-state index contributed by atoms with van der Waals surface area (Å²) in [6, 6.07) is 11.3. The van der Waals surface area contributed by atoms with Crippen LogP contribution in [-0.2, 0) is 4.79 Å². The zero-order valence-corrected chi connectivity index (χ0v) is 13.3. The normalized spacial score (nSPS) is 22.4. The lowest BCUT2D eigenvalue weighted by molar-refractivity contribution is -0.120. The number of nitrogens with one attached hydrogen (secondary N) is 1. The van der Waals surface area contributed by atoms with Crippen molar-refractivity contribution in [2.75, 3.05) is 19.3 Å². The fourth-order valence-electron chi connectivity index (χ4n) is 2.62. The maximum absolute atomic E-state index is 11.9. The lowest BCUT2D eigenvalue weighted by Gasteiger charge is -2.25. The molecule has 1 aliphatic heterocycles. The topological polar surface area (TPSA) is 32.3 Å². The maximum atomic E-state index is 11.9. The molecule has 0 radical (unpaired) electrons. The Morgan fingerprint density at radius 2 is 2.05 bits per heavy atom. The molecule has 3 atom stereocenters. The summed E-state index contributed by atoms with van der Waals surface area (Å²) >= 11 is 1.59. The van der Waals surface area contributed by atoms with E-state index in [1.807, 2.05) is 19.2 Å². The van der Waals surface area contributed by atoms with Crippen molar-refractivity contribution in [1.82, 2.24) is 10.2 Å². The second-order valence-electron chi connectivity index (χ2n) is 5.45. The second kappa shape index (κ2) is 7.14. The lowest BCUT2D eigenvalue weighted by atomic mass is 10.1. The van der Waals surface area contributed by atoms with Crippen LogP contribution in [0.25, 0.3) is 0 Å². The van der Waals surface area contributed by atoms with Gasteiger partial charge < -0.3 is 5.32 Å². The highest BCUT2D eigenvalue weighted by molar-refractivity contribution is 7.99. The summed E-state index contributed by atoms with van der Waals surface area (Å²) < 4.78 is 0. The summed E-state index contributed by atoms with van der Waals surface area (Å²) in [5.74, 6) is 0.164. The molecule has 1 saturated heterocycles. The first kappa shape index (κ1) is 15.4. The Kier molecular flexibility index (Phi) is 5.49. The van der Waals surface area contributed by atoms with Gasteiger partial charge in [0.2, 0.25) is 5.91 Å². The summed E-state index contributed by atoms with van der Waals surface area (Å²) in [5.41, 5.74) is 1.34. The van der Waals surface area contributed by atoms with E-state index in [0.29, 0.717) is 12.1 Å². The van der Waals surface area contributed by atoms with Crippen LogP contribution in [0.4, 0.5) is 0 Å². The highest BCUT2D eigenvalue weighted by atomic mass is 32.2. The van der Waals surface area contributed by atoms with Gasteiger partial charge in [0.1, 0.15) is 0 Å². The number of rotatable bonds is 5. The van der Waals surface area contributed by atoms with Gasteiger partial charge in [0.25, 0.3) is 0 Å². The zero-order valence-electron chi connectivity index (χ0n) is 12.5. The molecule has 0 saturated carbocycles. The Hall–Kier alpha value is -1.00. The fraction of sp³-hybridized carbons (Fsp3) is 0.562. The van der Waals surface area contributed by atoms with Crippen molar-refractivity contribution in [2.24, 2.45) is 0 Å². The molecule has 0 unspecified atom stereocenters. The van der Waals surface area contributed by atoms with Crippen LogP contribution < -0.4 is 5.32 Å². The Morgan fingerprint density at radius 3 is 2.70 bits per heavy atom. The van der Waals surface area contributed by atoms with Gasteiger partial charge in [-0.15, -0.1) is 0 Å². The number of hydrogen-bond acceptors (Lipinski definition) is 3. The number of carbonyl (C=O) groups excluding carboxylic acids is 1. The van der Waals surface area contributed by atoms with Crippen LogP contribution in [0.5, 0.6) is 0 Å². The van der Waals surface area contributed by atoms with Crippen LogP contribution in [0.2, 0.25) is 0 Å². The summed E-state index contributed by atoms with van der Waals surface area (Å²) in [6.45, 7) is 6.20. The minimum absolute atomic E-state index is 0.0376. The van der Waals surface area contributed by atoms with Crippen LogP contribution in [0.15, 0.2) is 30.3 Å². The lowest BCUT2D eigenvalue weighted by Crippen LogP contribution is -2.41. The first-order chi connectivity index (χ1) is 9.61. The van der Waals surface area contributed by atoms with Crippen molar-refractivity contribution >= 4 is 17.7 Å². The number of hydrogen-bond donors (Lipinski definition) is 1. The monoisotopic (exact) mass is 292 g/mol. The molecule has 1 aromatic carbocycles. The number of nitrogens with zero attached hydrogens (tertiary/aromatic N) is 1. The first-order valence-corrected chi connectivity index (χ1v) is 8.52. The minimum atomic E-state index is 0.0376. The molecule has 110 valence electrons. The van der Waals surface area contributed by atoms with Gasteiger partial charge in [-0.05, 0) is 32.1 Å². The third kappa shape index (κ3) is 3.76. The number of carbonyl (C=O) groups is 1. The molecule has 1 aromatic rings. The van der Waals surface area contributed by atoms with Crippen molar-refractivity contribution in [2.45, 2.75) is 37.6 Å². The number of amides is 1. The van der Waals surface area contributed by atoms with Crippen LogP contribution in [0.3, 0.4) is 0 Å². The van der Waals surface area contributed by atoms with E-state index in [-0.39, 0.29) is 11.2 Å². The summed E-state index contributed by atoms with van der Waals surface area (Å²) in [5, 5.41) is 3.20. The third-order valence-corrected chi connectivity index (χ3v) is 5.04. The highest BCUT2D eigenvalue weighted by Gasteiger charge is 2.28. The molecule has 4 heteroatoms. The van der Waals surface area contributed by atoms with E-state index in [4.69, 9.17) is 0 Å². The first-order valence-electron chi connectivity index (χ1n) is 7.24. The molecule has 0 aliphatic carbocycles. The smallest absolute Gasteiger partial charge is 0.233 e. The molecule has 1 amide bonds. The summed E-state index contributed by atoms with van der Waals surface area (Å²) in [7, 11) is 0. The highest BCUT2D eigenvalue weighted by Crippen LogP contribution is 2.24. The van der Waals surface area contributed by atoms with Gasteiger partial charge in [-0.3, -0.25) is 9.69 Å². The minimum Gasteiger partial charge on any atom is -0.351 e. The average Bonchev–Trinajstić information content (AvgIpc) is 2.94. The van der Waals surface area contributed by atoms with Gasteiger partial charge in [-0.2, -0.15) is 11.8 Å². The maximum Gasteiger partial charge on any atom is 0.233 e. The Morgan fingerprint density at radius 1 is 1.35 bits per heavy atom. The Labute approximate surface area is 126 Å². The molecule has 2 rings (SSSR count). The van der Waals surface area contributed by atoms with Crippen LogP contribution in [0, 0.1) is 0 Å². The van der Waals surface area contributed by atoms with E-state index >= 15 is 0 Å². The molecule has 0 aromatic heterocycles. The van der Waals surface area contributed by atoms with Crippen molar-refractivity contribution in [3.8, 4) is 0 Å².